The normalized spacial score (nSPS) is 14.5. The van der Waals surface area contributed by atoms with E-state index in [-0.39, 0.29) is 18.5 Å². The zero-order valence-corrected chi connectivity index (χ0v) is 13.3. The molecule has 1 aromatic rings. The van der Waals surface area contributed by atoms with Gasteiger partial charge in [0.1, 0.15) is 12.3 Å². The van der Waals surface area contributed by atoms with Gasteiger partial charge >= 0.3 is 5.97 Å². The van der Waals surface area contributed by atoms with Crippen molar-refractivity contribution >= 4 is 11.9 Å². The fraction of sp³-hybridized carbons (Fsp3) is 0.471. The lowest BCUT2D eigenvalue weighted by Crippen LogP contribution is -2.44. The van der Waals surface area contributed by atoms with Crippen molar-refractivity contribution in [2.45, 2.75) is 38.8 Å². The van der Waals surface area contributed by atoms with Gasteiger partial charge in [0.15, 0.2) is 6.10 Å². The minimum absolute atomic E-state index is 0.0523. The number of amides is 1. The van der Waals surface area contributed by atoms with Crippen LogP contribution in [0.5, 0.6) is 5.75 Å². The van der Waals surface area contributed by atoms with Crippen LogP contribution in [0.15, 0.2) is 24.3 Å². The van der Waals surface area contributed by atoms with Crippen LogP contribution in [0, 0.1) is 11.3 Å². The van der Waals surface area contributed by atoms with Crippen molar-refractivity contribution in [1.82, 2.24) is 4.90 Å². The number of nitriles is 1. The number of ether oxygens (including phenoxy) is 2. The van der Waals surface area contributed by atoms with Crippen LogP contribution in [0.1, 0.15) is 32.3 Å². The lowest BCUT2D eigenvalue weighted by molar-refractivity contribution is -0.151. The molecule has 122 valence electrons. The molecule has 1 aliphatic carbocycles. The van der Waals surface area contributed by atoms with Crippen LogP contribution >= 0.6 is 0 Å². The van der Waals surface area contributed by atoms with Crippen LogP contribution in [0.4, 0.5) is 0 Å². The van der Waals surface area contributed by atoms with E-state index < -0.39 is 12.1 Å². The summed E-state index contributed by atoms with van der Waals surface area (Å²) in [6, 6.07) is 8.74. The Bertz CT molecular complexity index is 619. The topological polar surface area (TPSA) is 79.6 Å². The molecule has 0 spiro atoms. The quantitative estimate of drug-likeness (QED) is 0.718. The van der Waals surface area contributed by atoms with Crippen molar-refractivity contribution < 1.29 is 19.1 Å². The highest BCUT2D eigenvalue weighted by Gasteiger charge is 2.36. The number of carbonyl (C=O) groups is 2. The number of carbonyl (C=O) groups excluding carboxylic acids is 2. The van der Waals surface area contributed by atoms with Crippen LogP contribution < -0.4 is 4.74 Å². The second-order valence-corrected chi connectivity index (χ2v) is 5.40. The van der Waals surface area contributed by atoms with Gasteiger partial charge in [0.25, 0.3) is 5.91 Å². The van der Waals surface area contributed by atoms with Gasteiger partial charge in [0, 0.05) is 6.04 Å². The van der Waals surface area contributed by atoms with Crippen LogP contribution in [0.3, 0.4) is 0 Å². The van der Waals surface area contributed by atoms with Crippen LogP contribution in [-0.2, 0) is 14.3 Å². The van der Waals surface area contributed by atoms with Gasteiger partial charge in [-0.25, -0.2) is 0 Å². The molecule has 1 atom stereocenters. The van der Waals surface area contributed by atoms with Crippen LogP contribution in [-0.4, -0.2) is 42.1 Å². The molecule has 2 rings (SSSR count). The molecule has 1 aromatic carbocycles. The molecule has 1 unspecified atom stereocenters. The molecule has 0 aromatic heterocycles. The number of hydrogen-bond acceptors (Lipinski definition) is 5. The minimum atomic E-state index is -0.737. The smallest absolute Gasteiger partial charge is 0.325 e. The van der Waals surface area contributed by atoms with E-state index in [0.717, 1.165) is 12.8 Å². The van der Waals surface area contributed by atoms with Gasteiger partial charge < -0.3 is 14.4 Å². The predicted molar refractivity (Wildman–Crippen MR) is 82.6 cm³/mol. The first-order chi connectivity index (χ1) is 11.0. The van der Waals surface area contributed by atoms with Crippen molar-refractivity contribution in [3.8, 4) is 11.8 Å². The Kier molecular flexibility index (Phi) is 5.58. The van der Waals surface area contributed by atoms with Gasteiger partial charge in [-0.2, -0.15) is 5.26 Å². The largest absolute Gasteiger partial charge is 0.481 e. The molecule has 1 amide bonds. The molecule has 0 heterocycles. The van der Waals surface area contributed by atoms with E-state index in [9.17, 15) is 9.59 Å². The van der Waals surface area contributed by atoms with Gasteiger partial charge in [0.2, 0.25) is 0 Å². The van der Waals surface area contributed by atoms with E-state index in [1.54, 1.807) is 38.1 Å². The Labute approximate surface area is 135 Å². The van der Waals surface area contributed by atoms with E-state index in [1.807, 2.05) is 6.07 Å². The Balaban J connectivity index is 2.01. The summed E-state index contributed by atoms with van der Waals surface area (Å²) in [6.07, 6.45) is 1.04. The first-order valence-corrected chi connectivity index (χ1v) is 7.68. The molecule has 0 radical (unpaired) electrons. The summed E-state index contributed by atoms with van der Waals surface area (Å²) in [4.78, 5) is 25.7. The third kappa shape index (κ3) is 4.71. The fourth-order valence-corrected chi connectivity index (χ4v) is 2.25. The van der Waals surface area contributed by atoms with Crippen molar-refractivity contribution in [3.05, 3.63) is 29.8 Å². The van der Waals surface area contributed by atoms with Crippen molar-refractivity contribution in [2.75, 3.05) is 13.2 Å². The Morgan fingerprint density at radius 3 is 2.78 bits per heavy atom. The summed E-state index contributed by atoms with van der Waals surface area (Å²) in [7, 11) is 0. The van der Waals surface area contributed by atoms with Crippen molar-refractivity contribution in [1.29, 1.82) is 5.26 Å². The first kappa shape index (κ1) is 16.8. The van der Waals surface area contributed by atoms with E-state index in [1.165, 1.54) is 4.90 Å². The lowest BCUT2D eigenvalue weighted by Gasteiger charge is -2.25. The molecule has 0 bridgehead atoms. The maximum atomic E-state index is 12.6. The number of rotatable bonds is 7. The number of esters is 1. The van der Waals surface area contributed by atoms with E-state index in [4.69, 9.17) is 14.7 Å². The summed E-state index contributed by atoms with van der Waals surface area (Å²) in [6.45, 7) is 3.61. The highest BCUT2D eigenvalue weighted by Crippen LogP contribution is 2.28. The number of nitrogens with zero attached hydrogens (tertiary/aromatic N) is 2. The van der Waals surface area contributed by atoms with E-state index >= 15 is 0 Å². The third-order valence-corrected chi connectivity index (χ3v) is 3.50. The zero-order valence-electron chi connectivity index (χ0n) is 13.3. The average molecular weight is 316 g/mol. The second-order valence-electron chi connectivity index (χ2n) is 5.40. The van der Waals surface area contributed by atoms with Crippen molar-refractivity contribution in [2.24, 2.45) is 0 Å². The summed E-state index contributed by atoms with van der Waals surface area (Å²) in [5, 5.41) is 8.89. The average Bonchev–Trinajstić information content (AvgIpc) is 3.37. The monoisotopic (exact) mass is 316 g/mol. The molecule has 6 nitrogen and oxygen atoms in total. The summed E-state index contributed by atoms with van der Waals surface area (Å²) >= 11 is 0. The van der Waals surface area contributed by atoms with Crippen LogP contribution in [0.2, 0.25) is 0 Å². The molecule has 0 saturated heterocycles. The molecular formula is C17H20N2O4. The fourth-order valence-electron chi connectivity index (χ4n) is 2.25. The Morgan fingerprint density at radius 1 is 1.43 bits per heavy atom. The summed E-state index contributed by atoms with van der Waals surface area (Å²) < 4.78 is 10.5. The molecular weight excluding hydrogens is 296 g/mol. The maximum Gasteiger partial charge on any atom is 0.325 e. The summed E-state index contributed by atoms with van der Waals surface area (Å²) in [5.74, 6) is -0.203. The maximum absolute atomic E-state index is 12.6. The van der Waals surface area contributed by atoms with Gasteiger partial charge in [-0.3, -0.25) is 9.59 Å². The Hall–Kier alpha value is -2.55. The van der Waals surface area contributed by atoms with E-state index in [2.05, 4.69) is 0 Å². The molecule has 1 saturated carbocycles. The highest BCUT2D eigenvalue weighted by molar-refractivity contribution is 5.85. The zero-order chi connectivity index (χ0) is 16.8. The molecule has 0 N–H and O–H groups in total. The number of benzene rings is 1. The number of hydrogen-bond donors (Lipinski definition) is 0. The molecule has 6 heteroatoms. The van der Waals surface area contributed by atoms with Gasteiger partial charge in [0.05, 0.1) is 18.2 Å². The van der Waals surface area contributed by atoms with E-state index in [0.29, 0.717) is 17.9 Å². The highest BCUT2D eigenvalue weighted by atomic mass is 16.5. The third-order valence-electron chi connectivity index (χ3n) is 3.50. The minimum Gasteiger partial charge on any atom is -0.481 e. The lowest BCUT2D eigenvalue weighted by atomic mass is 10.2. The van der Waals surface area contributed by atoms with Crippen molar-refractivity contribution in [3.63, 3.8) is 0 Å². The van der Waals surface area contributed by atoms with Gasteiger partial charge in [-0.1, -0.05) is 6.07 Å². The first-order valence-electron chi connectivity index (χ1n) is 7.68. The molecule has 0 aliphatic heterocycles. The molecule has 1 fully saturated rings. The molecule has 1 aliphatic rings. The predicted octanol–water partition coefficient (Wildman–Crippen LogP) is 1.88. The van der Waals surface area contributed by atoms with Gasteiger partial charge in [-0.15, -0.1) is 0 Å². The van der Waals surface area contributed by atoms with Gasteiger partial charge in [-0.05, 0) is 44.9 Å². The SMILES string of the molecule is CCOC(=O)CN(C(=O)C(C)Oc1cccc(C#N)c1)C1CC1. The summed E-state index contributed by atoms with van der Waals surface area (Å²) in [5.41, 5.74) is 0.465. The second kappa shape index (κ2) is 7.63. The Morgan fingerprint density at radius 2 is 2.17 bits per heavy atom. The standard InChI is InChI=1S/C17H20N2O4/c1-3-22-16(20)11-19(14-7-8-14)17(21)12(2)23-15-6-4-5-13(9-15)10-18/h4-6,9,12,14H,3,7-8,11H2,1-2H3. The molecule has 23 heavy (non-hydrogen) atoms. The van der Waals surface area contributed by atoms with Crippen LogP contribution in [0.25, 0.3) is 0 Å².